The maximum Gasteiger partial charge on any atom is 0.222 e. The number of halogens is 3. The number of hydrogen-bond donors (Lipinski definition) is 1. The fourth-order valence-electron chi connectivity index (χ4n) is 1.24. The van der Waals surface area contributed by atoms with E-state index in [0.29, 0.717) is 6.42 Å². The number of aromatic amines is 1. The monoisotopic (exact) mass is 445 g/mol. The molecular weight excluding hydrogens is 430 g/mol. The van der Waals surface area contributed by atoms with E-state index in [4.69, 9.17) is 0 Å². The maximum absolute atomic E-state index is 11.1. The van der Waals surface area contributed by atoms with Crippen LogP contribution in [0.4, 0.5) is 0 Å². The first-order valence-electron chi connectivity index (χ1n) is 5.80. The van der Waals surface area contributed by atoms with Gasteiger partial charge in [0.15, 0.2) is 0 Å². The van der Waals surface area contributed by atoms with E-state index < -0.39 is 0 Å². The zero-order valence-electron chi connectivity index (χ0n) is 10.8. The van der Waals surface area contributed by atoms with Crippen molar-refractivity contribution < 1.29 is 4.79 Å². The van der Waals surface area contributed by atoms with Crippen molar-refractivity contribution in [2.24, 2.45) is 0 Å². The lowest BCUT2D eigenvalue weighted by Crippen LogP contribution is -2.29. The van der Waals surface area contributed by atoms with Crippen LogP contribution in [0.15, 0.2) is 13.7 Å². The predicted octanol–water partition coefficient (Wildman–Crippen LogP) is 4.35. The SMILES string of the molecule is Brc1n[nH]c(Br)c1Br.CCCC(=O)N(CC)CC. The van der Waals surface area contributed by atoms with E-state index in [1.54, 1.807) is 0 Å². The lowest BCUT2D eigenvalue weighted by molar-refractivity contribution is -0.130. The van der Waals surface area contributed by atoms with E-state index in [9.17, 15) is 4.79 Å². The summed E-state index contributed by atoms with van der Waals surface area (Å²) in [6, 6.07) is 0. The molecule has 0 radical (unpaired) electrons. The molecule has 4 nitrogen and oxygen atoms in total. The molecular formula is C11H18Br3N3O. The Balaban J connectivity index is 0.000000327. The zero-order valence-corrected chi connectivity index (χ0v) is 15.5. The fourth-order valence-corrected chi connectivity index (χ4v) is 2.24. The number of carbonyl (C=O) groups is 1. The van der Waals surface area contributed by atoms with Crippen LogP contribution in [0.1, 0.15) is 33.6 Å². The molecule has 0 aromatic carbocycles. The van der Waals surface area contributed by atoms with Crippen LogP contribution in [0.2, 0.25) is 0 Å². The highest BCUT2D eigenvalue weighted by molar-refractivity contribution is 9.14. The van der Waals surface area contributed by atoms with Crippen LogP contribution in [0.25, 0.3) is 0 Å². The van der Waals surface area contributed by atoms with Gasteiger partial charge in [0, 0.05) is 19.5 Å². The average Bonchev–Trinajstić information content (AvgIpc) is 2.63. The molecule has 0 aliphatic heterocycles. The third-order valence-electron chi connectivity index (χ3n) is 2.21. The van der Waals surface area contributed by atoms with Crippen LogP contribution in [0, 0.1) is 0 Å². The summed E-state index contributed by atoms with van der Waals surface area (Å²) in [6.45, 7) is 7.74. The van der Waals surface area contributed by atoms with Crippen LogP contribution in [0.3, 0.4) is 0 Å². The van der Waals surface area contributed by atoms with Crippen molar-refractivity contribution in [2.45, 2.75) is 33.6 Å². The molecule has 104 valence electrons. The first-order chi connectivity index (χ1) is 8.47. The normalized spacial score (nSPS) is 9.67. The van der Waals surface area contributed by atoms with Crippen molar-refractivity contribution in [2.75, 3.05) is 13.1 Å². The summed E-state index contributed by atoms with van der Waals surface area (Å²) < 4.78 is 2.55. The van der Waals surface area contributed by atoms with Crippen LogP contribution in [-0.2, 0) is 4.79 Å². The first kappa shape index (κ1) is 18.1. The number of rotatable bonds is 4. The molecule has 0 atom stereocenters. The highest BCUT2D eigenvalue weighted by Crippen LogP contribution is 2.27. The molecule has 0 saturated heterocycles. The topological polar surface area (TPSA) is 49.0 Å². The summed E-state index contributed by atoms with van der Waals surface area (Å²) in [6.07, 6.45) is 1.65. The minimum atomic E-state index is 0.285. The zero-order chi connectivity index (χ0) is 14.1. The van der Waals surface area contributed by atoms with Crippen LogP contribution >= 0.6 is 47.8 Å². The van der Waals surface area contributed by atoms with Gasteiger partial charge < -0.3 is 4.90 Å². The van der Waals surface area contributed by atoms with E-state index in [0.717, 1.165) is 33.2 Å². The second-order valence-electron chi connectivity index (χ2n) is 3.46. The van der Waals surface area contributed by atoms with Crippen molar-refractivity contribution in [1.29, 1.82) is 0 Å². The predicted molar refractivity (Wildman–Crippen MR) is 84.5 cm³/mol. The van der Waals surface area contributed by atoms with Crippen molar-refractivity contribution in [3.63, 3.8) is 0 Å². The van der Waals surface area contributed by atoms with Crippen LogP contribution < -0.4 is 0 Å². The van der Waals surface area contributed by atoms with E-state index in [1.807, 2.05) is 25.7 Å². The standard InChI is InChI=1S/C8H17NO.C3HBr3N2/c1-4-7-8(10)9(5-2)6-3;4-1-2(5)7-8-3(1)6/h4-7H2,1-3H3;(H,7,8). The van der Waals surface area contributed by atoms with Gasteiger partial charge in [-0.15, -0.1) is 0 Å². The Kier molecular flexibility index (Phi) is 10.0. The second kappa shape index (κ2) is 9.97. The molecule has 1 N–H and O–H groups in total. The Bertz CT molecular complexity index is 345. The van der Waals surface area contributed by atoms with Gasteiger partial charge >= 0.3 is 0 Å². The first-order valence-corrected chi connectivity index (χ1v) is 8.18. The van der Waals surface area contributed by atoms with Gasteiger partial charge in [-0.2, -0.15) is 5.10 Å². The number of carbonyl (C=O) groups excluding carboxylic acids is 1. The Hall–Kier alpha value is 0.120. The second-order valence-corrected chi connectivity index (χ2v) is 5.80. The van der Waals surface area contributed by atoms with Gasteiger partial charge in [-0.3, -0.25) is 9.89 Å². The van der Waals surface area contributed by atoms with E-state index >= 15 is 0 Å². The van der Waals surface area contributed by atoms with Gasteiger partial charge in [-0.1, -0.05) is 6.92 Å². The third-order valence-corrected chi connectivity index (χ3v) is 5.19. The molecule has 1 rings (SSSR count). The Morgan fingerprint density at radius 2 is 1.78 bits per heavy atom. The lowest BCUT2D eigenvalue weighted by atomic mass is 10.3. The fraction of sp³-hybridized carbons (Fsp3) is 0.636. The van der Waals surface area contributed by atoms with Gasteiger partial charge in [0.2, 0.25) is 5.91 Å². The maximum atomic E-state index is 11.1. The molecule has 0 bridgehead atoms. The Labute approximate surface area is 133 Å². The molecule has 1 heterocycles. The summed E-state index contributed by atoms with van der Waals surface area (Å²) in [5.74, 6) is 0.285. The molecule has 0 aliphatic carbocycles. The van der Waals surface area contributed by atoms with Crippen LogP contribution in [-0.4, -0.2) is 34.1 Å². The average molecular weight is 448 g/mol. The number of H-pyrrole nitrogens is 1. The third kappa shape index (κ3) is 6.33. The van der Waals surface area contributed by atoms with Gasteiger partial charge in [-0.05, 0) is 68.1 Å². The smallest absolute Gasteiger partial charge is 0.222 e. The quantitative estimate of drug-likeness (QED) is 0.745. The van der Waals surface area contributed by atoms with E-state index in [-0.39, 0.29) is 5.91 Å². The van der Waals surface area contributed by atoms with E-state index in [2.05, 4.69) is 58.0 Å². The van der Waals surface area contributed by atoms with E-state index in [1.165, 1.54) is 0 Å². The number of aromatic nitrogens is 2. The minimum Gasteiger partial charge on any atom is -0.343 e. The summed E-state index contributed by atoms with van der Waals surface area (Å²) in [5, 5.41) is 6.52. The van der Waals surface area contributed by atoms with Crippen molar-refractivity contribution in [3.8, 4) is 0 Å². The molecule has 0 spiro atoms. The van der Waals surface area contributed by atoms with Crippen molar-refractivity contribution in [1.82, 2.24) is 15.1 Å². The van der Waals surface area contributed by atoms with Gasteiger partial charge in [0.05, 0.1) is 4.47 Å². The molecule has 0 fully saturated rings. The Morgan fingerprint density at radius 3 is 2.00 bits per heavy atom. The van der Waals surface area contributed by atoms with Gasteiger partial charge in [0.25, 0.3) is 0 Å². The summed E-state index contributed by atoms with van der Waals surface area (Å²) in [5.41, 5.74) is 0. The summed E-state index contributed by atoms with van der Waals surface area (Å²) in [4.78, 5) is 13.0. The van der Waals surface area contributed by atoms with Gasteiger partial charge in [-0.25, -0.2) is 0 Å². The number of nitrogens with zero attached hydrogens (tertiary/aromatic N) is 2. The lowest BCUT2D eigenvalue weighted by Gasteiger charge is -2.17. The highest BCUT2D eigenvalue weighted by atomic mass is 79.9. The molecule has 7 heteroatoms. The molecule has 1 aromatic heterocycles. The molecule has 0 unspecified atom stereocenters. The molecule has 1 aromatic rings. The van der Waals surface area contributed by atoms with Crippen LogP contribution in [0.5, 0.6) is 0 Å². The minimum absolute atomic E-state index is 0.285. The summed E-state index contributed by atoms with van der Waals surface area (Å²) in [7, 11) is 0. The highest BCUT2D eigenvalue weighted by Gasteiger charge is 2.06. The Morgan fingerprint density at radius 1 is 1.22 bits per heavy atom. The number of hydrogen-bond acceptors (Lipinski definition) is 2. The molecule has 1 amide bonds. The van der Waals surface area contributed by atoms with Crippen molar-refractivity contribution >= 4 is 53.7 Å². The molecule has 0 saturated carbocycles. The van der Waals surface area contributed by atoms with Gasteiger partial charge in [0.1, 0.15) is 9.21 Å². The largest absolute Gasteiger partial charge is 0.343 e. The molecule has 0 aliphatic rings. The summed E-state index contributed by atoms with van der Waals surface area (Å²) >= 11 is 9.68. The van der Waals surface area contributed by atoms with Crippen molar-refractivity contribution in [3.05, 3.63) is 13.7 Å². The number of amides is 1. The molecule has 18 heavy (non-hydrogen) atoms. The number of nitrogens with one attached hydrogen (secondary N) is 1.